The first-order valence-electron chi connectivity index (χ1n) is 9.10. The molecule has 0 unspecified atom stereocenters. The molecule has 1 aliphatic heterocycles. The highest BCUT2D eigenvalue weighted by Gasteiger charge is 2.31. The van der Waals surface area contributed by atoms with Gasteiger partial charge in [0.05, 0.1) is 11.2 Å². The number of piperazine rings is 1. The molecule has 0 radical (unpaired) electrons. The van der Waals surface area contributed by atoms with E-state index in [0.29, 0.717) is 0 Å². The molecule has 1 saturated heterocycles. The molecule has 26 heavy (non-hydrogen) atoms. The standard InChI is InChI=1S/C19H21N7/c20-19-23-12-14-11-21-16(9-17(14)24-19)13-1-4-18(22-10-13)26-7-5-25(6-8-26)15-2-3-15/h1,4,9-12,15H,2-3,5-8H2,(H2,20,23,24). The Hall–Kier alpha value is -2.80. The second-order valence-electron chi connectivity index (χ2n) is 7.02. The Morgan fingerprint density at radius 1 is 0.923 bits per heavy atom. The number of pyridine rings is 2. The molecule has 0 spiro atoms. The largest absolute Gasteiger partial charge is 0.368 e. The zero-order valence-corrected chi connectivity index (χ0v) is 14.5. The van der Waals surface area contributed by atoms with E-state index < -0.39 is 0 Å². The Morgan fingerprint density at radius 2 is 1.73 bits per heavy atom. The van der Waals surface area contributed by atoms with Crippen LogP contribution in [-0.2, 0) is 0 Å². The molecule has 1 saturated carbocycles. The van der Waals surface area contributed by atoms with Crippen molar-refractivity contribution in [1.82, 2.24) is 24.8 Å². The molecule has 7 heteroatoms. The van der Waals surface area contributed by atoms with Gasteiger partial charge in [0, 0.05) is 61.8 Å². The predicted molar refractivity (Wildman–Crippen MR) is 102 cm³/mol. The van der Waals surface area contributed by atoms with E-state index in [-0.39, 0.29) is 5.95 Å². The van der Waals surface area contributed by atoms with E-state index in [1.54, 1.807) is 12.4 Å². The Kier molecular flexibility index (Phi) is 3.67. The summed E-state index contributed by atoms with van der Waals surface area (Å²) >= 11 is 0. The number of hydrogen-bond acceptors (Lipinski definition) is 7. The van der Waals surface area contributed by atoms with Crippen molar-refractivity contribution in [3.63, 3.8) is 0 Å². The smallest absolute Gasteiger partial charge is 0.220 e. The lowest BCUT2D eigenvalue weighted by atomic mass is 10.1. The highest BCUT2D eigenvalue weighted by molar-refractivity contribution is 5.81. The third-order valence-electron chi connectivity index (χ3n) is 5.23. The maximum Gasteiger partial charge on any atom is 0.220 e. The van der Waals surface area contributed by atoms with Crippen LogP contribution in [0.15, 0.2) is 36.8 Å². The molecule has 132 valence electrons. The van der Waals surface area contributed by atoms with Crippen molar-refractivity contribution in [2.75, 3.05) is 36.8 Å². The second kappa shape index (κ2) is 6.17. The van der Waals surface area contributed by atoms with Crippen molar-refractivity contribution in [3.8, 4) is 11.3 Å². The van der Waals surface area contributed by atoms with Crippen molar-refractivity contribution >= 4 is 22.7 Å². The summed E-state index contributed by atoms with van der Waals surface area (Å²) in [6.07, 6.45) is 8.11. The predicted octanol–water partition coefficient (Wildman–Crippen LogP) is 1.95. The molecule has 0 bridgehead atoms. The number of rotatable bonds is 3. The Morgan fingerprint density at radius 3 is 2.46 bits per heavy atom. The van der Waals surface area contributed by atoms with Gasteiger partial charge in [-0.05, 0) is 31.0 Å². The summed E-state index contributed by atoms with van der Waals surface area (Å²) in [5.41, 5.74) is 8.29. The SMILES string of the molecule is Nc1ncc2cnc(-c3ccc(N4CCN(C5CC5)CC4)nc3)cc2n1. The molecule has 0 aromatic carbocycles. The molecule has 2 fully saturated rings. The van der Waals surface area contributed by atoms with E-state index in [9.17, 15) is 0 Å². The zero-order chi connectivity index (χ0) is 17.5. The number of nitrogens with two attached hydrogens (primary N) is 1. The fourth-order valence-corrected chi connectivity index (χ4v) is 3.58. The lowest BCUT2D eigenvalue weighted by Crippen LogP contribution is -2.47. The van der Waals surface area contributed by atoms with Gasteiger partial charge < -0.3 is 10.6 Å². The van der Waals surface area contributed by atoms with Gasteiger partial charge in [0.2, 0.25) is 5.95 Å². The van der Waals surface area contributed by atoms with Crippen LogP contribution in [-0.4, -0.2) is 57.1 Å². The van der Waals surface area contributed by atoms with Crippen LogP contribution < -0.4 is 10.6 Å². The first kappa shape index (κ1) is 15.5. The average molecular weight is 347 g/mol. The van der Waals surface area contributed by atoms with Gasteiger partial charge in [-0.3, -0.25) is 9.88 Å². The van der Waals surface area contributed by atoms with E-state index in [4.69, 9.17) is 5.73 Å². The van der Waals surface area contributed by atoms with Crippen LogP contribution >= 0.6 is 0 Å². The normalized spacial score (nSPS) is 18.4. The third kappa shape index (κ3) is 2.94. The lowest BCUT2D eigenvalue weighted by molar-refractivity contribution is 0.247. The van der Waals surface area contributed by atoms with Gasteiger partial charge in [-0.15, -0.1) is 0 Å². The minimum absolute atomic E-state index is 0.272. The van der Waals surface area contributed by atoms with Crippen molar-refractivity contribution < 1.29 is 0 Å². The number of nitrogens with zero attached hydrogens (tertiary/aromatic N) is 6. The fourth-order valence-electron chi connectivity index (χ4n) is 3.58. The van der Waals surface area contributed by atoms with Gasteiger partial charge in [0.15, 0.2) is 0 Å². The highest BCUT2D eigenvalue weighted by Crippen LogP contribution is 2.28. The molecule has 0 atom stereocenters. The maximum absolute atomic E-state index is 5.68. The van der Waals surface area contributed by atoms with E-state index in [0.717, 1.165) is 60.2 Å². The Labute approximate surface area is 151 Å². The molecule has 0 amide bonds. The first-order valence-corrected chi connectivity index (χ1v) is 9.10. The van der Waals surface area contributed by atoms with Gasteiger partial charge >= 0.3 is 0 Å². The molecule has 2 N–H and O–H groups in total. The minimum atomic E-state index is 0.272. The molecule has 3 aromatic rings. The minimum Gasteiger partial charge on any atom is -0.368 e. The summed E-state index contributed by atoms with van der Waals surface area (Å²) in [5, 5.41) is 0.876. The molecule has 3 aromatic heterocycles. The summed E-state index contributed by atoms with van der Waals surface area (Å²) in [4.78, 5) is 22.4. The van der Waals surface area contributed by atoms with Gasteiger partial charge in [-0.1, -0.05) is 0 Å². The summed E-state index contributed by atoms with van der Waals surface area (Å²) in [5.74, 6) is 1.31. The zero-order valence-electron chi connectivity index (χ0n) is 14.5. The molecule has 1 aliphatic carbocycles. The van der Waals surface area contributed by atoms with Gasteiger partial charge in [-0.25, -0.2) is 15.0 Å². The molecule has 4 heterocycles. The molecule has 5 rings (SSSR count). The summed E-state index contributed by atoms with van der Waals surface area (Å²) in [6.45, 7) is 4.38. The summed E-state index contributed by atoms with van der Waals surface area (Å²) < 4.78 is 0. The van der Waals surface area contributed by atoms with Crippen LogP contribution in [0, 0.1) is 0 Å². The monoisotopic (exact) mass is 347 g/mol. The summed E-state index contributed by atoms with van der Waals surface area (Å²) in [7, 11) is 0. The number of nitrogen functional groups attached to an aromatic ring is 1. The number of aromatic nitrogens is 4. The van der Waals surface area contributed by atoms with Crippen LogP contribution in [0.4, 0.5) is 11.8 Å². The number of hydrogen-bond donors (Lipinski definition) is 1. The first-order chi connectivity index (χ1) is 12.8. The highest BCUT2D eigenvalue weighted by atomic mass is 15.3. The summed E-state index contributed by atoms with van der Waals surface area (Å²) in [6, 6.07) is 6.94. The van der Waals surface area contributed by atoms with E-state index >= 15 is 0 Å². The van der Waals surface area contributed by atoms with Crippen LogP contribution in [0.1, 0.15) is 12.8 Å². The number of anilines is 2. The lowest BCUT2D eigenvalue weighted by Gasteiger charge is -2.35. The maximum atomic E-state index is 5.68. The fraction of sp³-hybridized carbons (Fsp3) is 0.368. The van der Waals surface area contributed by atoms with E-state index in [1.807, 2.05) is 12.3 Å². The van der Waals surface area contributed by atoms with Crippen LogP contribution in [0.5, 0.6) is 0 Å². The van der Waals surface area contributed by atoms with Gasteiger partial charge in [0.1, 0.15) is 5.82 Å². The average Bonchev–Trinajstić information content (AvgIpc) is 3.53. The number of fused-ring (bicyclic) bond motifs is 1. The van der Waals surface area contributed by atoms with Crippen molar-refractivity contribution in [1.29, 1.82) is 0 Å². The topological polar surface area (TPSA) is 84.1 Å². The van der Waals surface area contributed by atoms with Crippen molar-refractivity contribution in [2.24, 2.45) is 0 Å². The van der Waals surface area contributed by atoms with Gasteiger partial charge in [-0.2, -0.15) is 0 Å². The van der Waals surface area contributed by atoms with E-state index in [1.165, 1.54) is 12.8 Å². The quantitative estimate of drug-likeness (QED) is 0.775. The third-order valence-corrected chi connectivity index (χ3v) is 5.23. The van der Waals surface area contributed by atoms with Crippen LogP contribution in [0.2, 0.25) is 0 Å². The van der Waals surface area contributed by atoms with E-state index in [2.05, 4.69) is 41.9 Å². The Bertz CT molecular complexity index is 928. The molecule has 7 nitrogen and oxygen atoms in total. The van der Waals surface area contributed by atoms with Crippen LogP contribution in [0.3, 0.4) is 0 Å². The van der Waals surface area contributed by atoms with Gasteiger partial charge in [0.25, 0.3) is 0 Å². The molecular formula is C19H21N7. The van der Waals surface area contributed by atoms with Crippen molar-refractivity contribution in [2.45, 2.75) is 18.9 Å². The van der Waals surface area contributed by atoms with Crippen LogP contribution in [0.25, 0.3) is 22.2 Å². The molecular weight excluding hydrogens is 326 g/mol. The Balaban J connectivity index is 1.34. The molecule has 2 aliphatic rings. The second-order valence-corrected chi connectivity index (χ2v) is 7.02. The van der Waals surface area contributed by atoms with Crippen molar-refractivity contribution in [3.05, 3.63) is 36.8 Å².